The van der Waals surface area contributed by atoms with E-state index < -0.39 is 11.9 Å². The van der Waals surface area contributed by atoms with Crippen LogP contribution in [0.4, 0.5) is 0 Å². The zero-order valence-corrected chi connectivity index (χ0v) is 24.5. The number of aromatic amines is 2. The van der Waals surface area contributed by atoms with Crippen LogP contribution in [0.1, 0.15) is 40.4 Å². The highest BCUT2D eigenvalue weighted by Crippen LogP contribution is 2.25. The van der Waals surface area contributed by atoms with Crippen molar-refractivity contribution in [3.8, 4) is 0 Å². The lowest BCUT2D eigenvalue weighted by molar-refractivity contribution is 0.0459. The number of carbonyl (C=O) groups is 2. The van der Waals surface area contributed by atoms with Gasteiger partial charge in [-0.25, -0.2) is 9.59 Å². The van der Waals surface area contributed by atoms with Gasteiger partial charge in [-0.05, 0) is 65.8 Å². The van der Waals surface area contributed by atoms with E-state index in [0.29, 0.717) is 37.8 Å². The van der Waals surface area contributed by atoms with Crippen LogP contribution >= 0.6 is 39.1 Å². The lowest BCUT2D eigenvalue weighted by Crippen LogP contribution is -2.28. The number of aromatic nitrogens is 2. The SMILES string of the molecule is CCN(CC)CCOC(=O)c1cc(=O)c2c(Cl)cc(Cl)cc2[nH]1.Cc1cc(Br)c2c(=O)cc(C(=O)O)[nH]c2c1. The predicted octanol–water partition coefficient (Wildman–Crippen LogP) is 5.63. The van der Waals surface area contributed by atoms with E-state index in [4.69, 9.17) is 33.0 Å². The first kappa shape index (κ1) is 30.4. The van der Waals surface area contributed by atoms with E-state index >= 15 is 0 Å². The number of carboxylic acids is 1. The Balaban J connectivity index is 0.000000230. The number of benzene rings is 2. The number of nitrogens with one attached hydrogen (secondary N) is 2. The van der Waals surface area contributed by atoms with Gasteiger partial charge < -0.3 is 24.7 Å². The van der Waals surface area contributed by atoms with Gasteiger partial charge in [-0.15, -0.1) is 0 Å². The summed E-state index contributed by atoms with van der Waals surface area (Å²) < 4.78 is 5.88. The summed E-state index contributed by atoms with van der Waals surface area (Å²) >= 11 is 15.2. The Morgan fingerprint density at radius 2 is 1.51 bits per heavy atom. The number of likely N-dealkylation sites (N-methyl/N-ethyl adjacent to an activating group) is 1. The molecule has 0 atom stereocenters. The fourth-order valence-electron chi connectivity index (χ4n) is 3.89. The van der Waals surface area contributed by atoms with E-state index in [-0.39, 0.29) is 33.9 Å². The van der Waals surface area contributed by atoms with Gasteiger partial charge >= 0.3 is 11.9 Å². The van der Waals surface area contributed by atoms with E-state index in [1.54, 1.807) is 12.1 Å². The number of carboxylic acid groups (broad SMARTS) is 1. The first-order valence-electron chi connectivity index (χ1n) is 11.9. The molecule has 4 rings (SSSR count). The van der Waals surface area contributed by atoms with Crippen molar-refractivity contribution >= 4 is 72.9 Å². The normalized spacial score (nSPS) is 10.9. The highest BCUT2D eigenvalue weighted by Gasteiger charge is 2.14. The molecule has 3 N–H and O–H groups in total. The zero-order valence-electron chi connectivity index (χ0n) is 21.4. The largest absolute Gasteiger partial charge is 0.477 e. The minimum absolute atomic E-state index is 0.0837. The first-order valence-corrected chi connectivity index (χ1v) is 13.5. The summed E-state index contributed by atoms with van der Waals surface area (Å²) in [6.45, 7) is 8.63. The summed E-state index contributed by atoms with van der Waals surface area (Å²) in [6.07, 6.45) is 0. The van der Waals surface area contributed by atoms with Gasteiger partial charge in [0.25, 0.3) is 0 Å². The van der Waals surface area contributed by atoms with Gasteiger partial charge in [-0.3, -0.25) is 9.59 Å². The molecule has 2 aromatic heterocycles. The number of carbonyl (C=O) groups excluding carboxylic acids is 1. The van der Waals surface area contributed by atoms with E-state index in [0.717, 1.165) is 24.7 Å². The van der Waals surface area contributed by atoms with Crippen LogP contribution in [0.5, 0.6) is 0 Å². The molecule has 0 unspecified atom stereocenters. The molecule has 2 heterocycles. The Labute approximate surface area is 241 Å². The molecule has 0 aliphatic heterocycles. The van der Waals surface area contributed by atoms with Crippen LogP contribution in [-0.4, -0.2) is 58.2 Å². The van der Waals surface area contributed by atoms with Crippen LogP contribution in [0.3, 0.4) is 0 Å². The minimum atomic E-state index is -1.14. The monoisotopic (exact) mass is 637 g/mol. The fraction of sp³-hybridized carbons (Fsp3) is 0.259. The van der Waals surface area contributed by atoms with Gasteiger partial charge in [-0.2, -0.15) is 0 Å². The predicted molar refractivity (Wildman–Crippen MR) is 157 cm³/mol. The average molecular weight is 639 g/mol. The number of aromatic carboxylic acids is 1. The molecule has 0 aliphatic rings. The number of pyridine rings is 2. The lowest BCUT2D eigenvalue weighted by atomic mass is 10.1. The topological polar surface area (TPSA) is 133 Å². The first-order chi connectivity index (χ1) is 18.4. The highest BCUT2D eigenvalue weighted by atomic mass is 79.9. The van der Waals surface area contributed by atoms with Crippen molar-refractivity contribution in [1.29, 1.82) is 0 Å². The van der Waals surface area contributed by atoms with Crippen molar-refractivity contribution in [2.45, 2.75) is 20.8 Å². The highest BCUT2D eigenvalue weighted by molar-refractivity contribution is 9.10. The fourth-order valence-corrected chi connectivity index (χ4v) is 5.25. The molecule has 0 aliphatic carbocycles. The molecule has 0 spiro atoms. The van der Waals surface area contributed by atoms with E-state index in [1.807, 2.05) is 26.8 Å². The summed E-state index contributed by atoms with van der Waals surface area (Å²) in [5, 5.41) is 10.2. The zero-order chi connectivity index (χ0) is 28.9. The molecule has 0 saturated heterocycles. The van der Waals surface area contributed by atoms with Crippen LogP contribution < -0.4 is 10.9 Å². The smallest absolute Gasteiger partial charge is 0.354 e. The van der Waals surface area contributed by atoms with Crippen molar-refractivity contribution in [2.24, 2.45) is 0 Å². The molecular formula is C27H26BrCl2N3O6. The number of ether oxygens (including phenoxy) is 1. The molecule has 2 aromatic carbocycles. The maximum Gasteiger partial charge on any atom is 0.354 e. The second-order valence-corrected chi connectivity index (χ2v) is 10.2. The average Bonchev–Trinajstić information content (AvgIpc) is 2.85. The van der Waals surface area contributed by atoms with Gasteiger partial charge in [0.05, 0.1) is 26.8 Å². The van der Waals surface area contributed by atoms with Crippen molar-refractivity contribution in [3.63, 3.8) is 0 Å². The van der Waals surface area contributed by atoms with E-state index in [1.165, 1.54) is 12.1 Å². The third kappa shape index (κ3) is 7.48. The molecule has 206 valence electrons. The second-order valence-electron chi connectivity index (χ2n) is 8.54. The summed E-state index contributed by atoms with van der Waals surface area (Å²) in [7, 11) is 0. The third-order valence-electron chi connectivity index (χ3n) is 5.86. The molecule has 0 saturated carbocycles. The third-order valence-corrected chi connectivity index (χ3v) is 7.00. The van der Waals surface area contributed by atoms with Crippen molar-refractivity contribution in [3.05, 3.63) is 88.3 Å². The molecular weight excluding hydrogens is 613 g/mol. The Bertz CT molecular complexity index is 1660. The van der Waals surface area contributed by atoms with Gasteiger partial charge in [0.15, 0.2) is 10.9 Å². The van der Waals surface area contributed by atoms with E-state index in [9.17, 15) is 19.2 Å². The van der Waals surface area contributed by atoms with Crippen LogP contribution in [0.2, 0.25) is 10.0 Å². The number of H-pyrrole nitrogens is 2. The van der Waals surface area contributed by atoms with Crippen LogP contribution in [0.15, 0.2) is 50.5 Å². The number of nitrogens with zero attached hydrogens (tertiary/aromatic N) is 1. The minimum Gasteiger partial charge on any atom is -0.477 e. The Hall–Kier alpha value is -3.18. The number of hydrogen-bond acceptors (Lipinski definition) is 6. The molecule has 0 radical (unpaired) electrons. The van der Waals surface area contributed by atoms with Crippen molar-refractivity contribution in [2.75, 3.05) is 26.2 Å². The van der Waals surface area contributed by atoms with Gasteiger partial charge in [0.1, 0.15) is 18.0 Å². The van der Waals surface area contributed by atoms with Crippen LogP contribution in [0, 0.1) is 6.92 Å². The standard InChI is InChI=1S/C16H18Cl2N2O3.C11H8BrNO3/c1-3-20(4-2)5-6-23-16(22)13-9-14(21)15-11(18)7-10(17)8-12(15)19-13;1-5-2-6(12)10-7(3-5)13-8(11(15)16)4-9(10)14/h7-9H,3-6H2,1-2H3,(H,19,21);2-4H,1H3,(H,13,14)(H,15,16). The second kappa shape index (κ2) is 13.3. The summed E-state index contributed by atoms with van der Waals surface area (Å²) in [4.78, 5) is 54.5. The molecule has 0 bridgehead atoms. The molecule has 9 nitrogen and oxygen atoms in total. The molecule has 39 heavy (non-hydrogen) atoms. The molecule has 0 amide bonds. The summed E-state index contributed by atoms with van der Waals surface area (Å²) in [5.74, 6) is -1.72. The number of hydrogen-bond donors (Lipinski definition) is 3. The van der Waals surface area contributed by atoms with Crippen molar-refractivity contribution < 1.29 is 19.4 Å². The lowest BCUT2D eigenvalue weighted by Gasteiger charge is -2.17. The number of aryl methyl sites for hydroxylation is 1. The maximum atomic E-state index is 12.1. The molecule has 0 fully saturated rings. The van der Waals surface area contributed by atoms with Crippen LogP contribution in [0.25, 0.3) is 21.8 Å². The number of halogens is 3. The van der Waals surface area contributed by atoms with Crippen LogP contribution in [-0.2, 0) is 4.74 Å². The van der Waals surface area contributed by atoms with Crippen molar-refractivity contribution in [1.82, 2.24) is 14.9 Å². The van der Waals surface area contributed by atoms with Gasteiger partial charge in [-0.1, -0.05) is 37.0 Å². The van der Waals surface area contributed by atoms with Gasteiger partial charge in [0.2, 0.25) is 0 Å². The Kier molecular flexibility index (Phi) is 10.3. The quantitative estimate of drug-likeness (QED) is 0.223. The Morgan fingerprint density at radius 1 is 0.923 bits per heavy atom. The molecule has 12 heteroatoms. The maximum absolute atomic E-state index is 12.1. The molecule has 4 aromatic rings. The number of esters is 1. The summed E-state index contributed by atoms with van der Waals surface area (Å²) in [5.41, 5.74) is 1.20. The summed E-state index contributed by atoms with van der Waals surface area (Å²) in [6, 6.07) is 8.89. The number of fused-ring (bicyclic) bond motifs is 2. The van der Waals surface area contributed by atoms with E-state index in [2.05, 4.69) is 30.8 Å². The Morgan fingerprint density at radius 3 is 2.15 bits per heavy atom. The number of rotatable bonds is 7. The van der Waals surface area contributed by atoms with Gasteiger partial charge in [0, 0.05) is 28.2 Å².